The molecule has 2 aromatic carbocycles. The van der Waals surface area contributed by atoms with Crippen LogP contribution in [0.15, 0.2) is 53.4 Å². The summed E-state index contributed by atoms with van der Waals surface area (Å²) in [6, 6.07) is 12.2. The van der Waals surface area contributed by atoms with Gasteiger partial charge in [-0.1, -0.05) is 0 Å². The molecule has 30 heavy (non-hydrogen) atoms. The van der Waals surface area contributed by atoms with Gasteiger partial charge in [-0.2, -0.15) is 5.10 Å². The van der Waals surface area contributed by atoms with Gasteiger partial charge in [0.2, 0.25) is 0 Å². The Labute approximate surface area is 179 Å². The fourth-order valence-corrected chi connectivity index (χ4v) is 4.07. The molecule has 158 valence electrons. The third kappa shape index (κ3) is 4.86. The van der Waals surface area contributed by atoms with E-state index in [9.17, 15) is 13.2 Å². The maximum absolute atomic E-state index is 12.6. The van der Waals surface area contributed by atoms with E-state index in [4.69, 9.17) is 17.0 Å². The fourth-order valence-electron chi connectivity index (χ4n) is 2.73. The molecular weight excluding hydrogens is 426 g/mol. The number of nitrogens with one attached hydrogen (secondary N) is 3. The molecule has 0 aliphatic carbocycles. The third-order valence-corrected chi connectivity index (χ3v) is 6.04. The number of hydrogen-bond acceptors (Lipinski definition) is 6. The van der Waals surface area contributed by atoms with Crippen molar-refractivity contribution in [2.75, 3.05) is 11.8 Å². The number of H-pyrrole nitrogens is 1. The summed E-state index contributed by atoms with van der Waals surface area (Å²) in [6.45, 7) is 2.75. The number of hydrogen-bond donors (Lipinski definition) is 3. The van der Waals surface area contributed by atoms with Crippen LogP contribution in [0.25, 0.3) is 0 Å². The lowest BCUT2D eigenvalue weighted by Gasteiger charge is -2.10. The molecule has 0 aliphatic rings. The summed E-state index contributed by atoms with van der Waals surface area (Å²) in [7, 11) is -2.26. The quantitative estimate of drug-likeness (QED) is 0.457. The maximum atomic E-state index is 12.6. The van der Waals surface area contributed by atoms with Gasteiger partial charge < -0.3 is 14.6 Å². The number of anilines is 1. The number of benzene rings is 2. The molecule has 3 aromatic rings. The van der Waals surface area contributed by atoms with E-state index < -0.39 is 10.0 Å². The van der Waals surface area contributed by atoms with Gasteiger partial charge in [0, 0.05) is 17.8 Å². The van der Waals surface area contributed by atoms with Crippen molar-refractivity contribution in [2.45, 2.75) is 24.9 Å². The molecular formula is C19H21N5O4S2. The number of nitrogens with zero attached hydrogens (tertiary/aromatic N) is 2. The highest BCUT2D eigenvalue weighted by Crippen LogP contribution is 2.19. The summed E-state index contributed by atoms with van der Waals surface area (Å²) in [5, 5.41) is 9.52. The molecule has 0 saturated heterocycles. The van der Waals surface area contributed by atoms with Crippen LogP contribution in [-0.2, 0) is 23.1 Å². The molecule has 1 amide bonds. The summed E-state index contributed by atoms with van der Waals surface area (Å²) in [4.78, 5) is 12.4. The predicted molar refractivity (Wildman–Crippen MR) is 115 cm³/mol. The average molecular weight is 448 g/mol. The number of ether oxygens (including phenoxy) is 1. The summed E-state index contributed by atoms with van der Waals surface area (Å²) < 4.78 is 34.9. The summed E-state index contributed by atoms with van der Waals surface area (Å²) in [5.74, 6) is 0.883. The first-order valence-electron chi connectivity index (χ1n) is 9.03. The number of rotatable bonds is 8. The van der Waals surface area contributed by atoms with E-state index in [0.717, 1.165) is 0 Å². The first kappa shape index (κ1) is 21.5. The van der Waals surface area contributed by atoms with Crippen LogP contribution in [0, 0.1) is 4.77 Å². The van der Waals surface area contributed by atoms with Gasteiger partial charge in [0.05, 0.1) is 18.6 Å². The second-order valence-electron chi connectivity index (χ2n) is 6.23. The van der Waals surface area contributed by atoms with E-state index in [-0.39, 0.29) is 17.3 Å². The molecule has 1 aromatic heterocycles. The van der Waals surface area contributed by atoms with Crippen molar-refractivity contribution in [2.24, 2.45) is 0 Å². The van der Waals surface area contributed by atoms with Gasteiger partial charge in [-0.15, -0.1) is 0 Å². The monoisotopic (exact) mass is 447 g/mol. The predicted octanol–water partition coefficient (Wildman–Crippen LogP) is 2.70. The van der Waals surface area contributed by atoms with Crippen molar-refractivity contribution in [1.82, 2.24) is 20.1 Å². The lowest BCUT2D eigenvalue weighted by Crippen LogP contribution is -2.24. The van der Waals surface area contributed by atoms with Crippen LogP contribution in [0.4, 0.5) is 5.69 Å². The number of aromatic nitrogens is 3. The normalized spacial score (nSPS) is 11.1. The number of carbonyl (C=O) groups excluding carboxylic acids is 1. The van der Waals surface area contributed by atoms with E-state index in [1.54, 1.807) is 28.8 Å². The minimum absolute atomic E-state index is 0.0433. The lowest BCUT2D eigenvalue weighted by molar-refractivity contribution is 0.0949. The van der Waals surface area contributed by atoms with E-state index in [0.29, 0.717) is 34.1 Å². The van der Waals surface area contributed by atoms with Crippen molar-refractivity contribution in [3.05, 3.63) is 64.7 Å². The smallest absolute Gasteiger partial charge is 0.261 e. The molecule has 0 spiro atoms. The molecule has 1 heterocycles. The van der Waals surface area contributed by atoms with Gasteiger partial charge in [-0.25, -0.2) is 8.42 Å². The number of carbonyl (C=O) groups is 1. The zero-order valence-corrected chi connectivity index (χ0v) is 18.0. The maximum Gasteiger partial charge on any atom is 0.261 e. The van der Waals surface area contributed by atoms with Gasteiger partial charge in [0.1, 0.15) is 5.75 Å². The Hall–Kier alpha value is -3.18. The van der Waals surface area contributed by atoms with Crippen LogP contribution >= 0.6 is 12.2 Å². The van der Waals surface area contributed by atoms with Crippen molar-refractivity contribution in [3.63, 3.8) is 0 Å². The van der Waals surface area contributed by atoms with Gasteiger partial charge in [0.25, 0.3) is 15.9 Å². The molecule has 0 radical (unpaired) electrons. The molecule has 0 bridgehead atoms. The highest BCUT2D eigenvalue weighted by Gasteiger charge is 2.16. The number of aromatic amines is 1. The first-order valence-corrected chi connectivity index (χ1v) is 10.9. The Kier molecular flexibility index (Phi) is 6.53. The number of sulfonamides is 1. The Morgan fingerprint density at radius 1 is 1.17 bits per heavy atom. The summed E-state index contributed by atoms with van der Waals surface area (Å²) in [5.41, 5.74) is 0.734. The molecule has 0 unspecified atom stereocenters. The average Bonchev–Trinajstić information content (AvgIpc) is 3.11. The van der Waals surface area contributed by atoms with Crippen LogP contribution in [-0.4, -0.2) is 36.2 Å². The Bertz CT molecular complexity index is 1180. The van der Waals surface area contributed by atoms with E-state index in [2.05, 4.69) is 20.2 Å². The summed E-state index contributed by atoms with van der Waals surface area (Å²) in [6.07, 6.45) is 0. The molecule has 0 saturated carbocycles. The second-order valence-corrected chi connectivity index (χ2v) is 8.30. The minimum Gasteiger partial charge on any atom is -0.497 e. The zero-order valence-electron chi connectivity index (χ0n) is 16.4. The first-order chi connectivity index (χ1) is 14.3. The highest BCUT2D eigenvalue weighted by molar-refractivity contribution is 7.92. The molecule has 3 rings (SSSR count). The largest absolute Gasteiger partial charge is 0.497 e. The molecule has 0 atom stereocenters. The van der Waals surface area contributed by atoms with Gasteiger partial charge in [0.15, 0.2) is 10.6 Å². The Morgan fingerprint density at radius 3 is 2.43 bits per heavy atom. The summed E-state index contributed by atoms with van der Waals surface area (Å²) >= 11 is 5.12. The van der Waals surface area contributed by atoms with E-state index >= 15 is 0 Å². The van der Waals surface area contributed by atoms with Gasteiger partial charge in [-0.3, -0.25) is 14.6 Å². The standard InChI is InChI=1S/C19H21N5O4S2/c1-3-24-17(21-22-19(24)29)12-20-18(25)13-4-10-16(11-5-13)30(26,27)23-14-6-8-15(28-2)9-7-14/h4-11,23H,3,12H2,1-2H3,(H,20,25)(H,22,29). The van der Waals surface area contributed by atoms with Crippen LogP contribution in [0.2, 0.25) is 0 Å². The molecule has 11 heteroatoms. The van der Waals surface area contributed by atoms with Gasteiger partial charge in [-0.05, 0) is 67.7 Å². The zero-order chi connectivity index (χ0) is 21.7. The van der Waals surface area contributed by atoms with Crippen molar-refractivity contribution >= 4 is 33.8 Å². The Balaban J connectivity index is 1.66. The minimum atomic E-state index is -3.79. The molecule has 9 nitrogen and oxygen atoms in total. The van der Waals surface area contributed by atoms with E-state index in [1.807, 2.05) is 6.92 Å². The van der Waals surface area contributed by atoms with Crippen LogP contribution in [0.5, 0.6) is 5.75 Å². The van der Waals surface area contributed by atoms with E-state index in [1.165, 1.54) is 31.4 Å². The van der Waals surface area contributed by atoms with Crippen molar-refractivity contribution in [3.8, 4) is 5.75 Å². The third-order valence-electron chi connectivity index (χ3n) is 4.33. The Morgan fingerprint density at radius 2 is 1.83 bits per heavy atom. The molecule has 0 aliphatic heterocycles. The van der Waals surface area contributed by atoms with Crippen molar-refractivity contribution in [1.29, 1.82) is 0 Å². The number of amides is 1. The van der Waals surface area contributed by atoms with Crippen LogP contribution in [0.1, 0.15) is 23.1 Å². The van der Waals surface area contributed by atoms with Crippen LogP contribution < -0.4 is 14.8 Å². The molecule has 3 N–H and O–H groups in total. The SMILES string of the molecule is CCn1c(CNC(=O)c2ccc(S(=O)(=O)Nc3ccc(OC)cc3)cc2)n[nH]c1=S. The molecule has 0 fully saturated rings. The van der Waals surface area contributed by atoms with Crippen molar-refractivity contribution < 1.29 is 17.9 Å². The topological polar surface area (TPSA) is 118 Å². The lowest BCUT2D eigenvalue weighted by atomic mass is 10.2. The fraction of sp³-hybridized carbons (Fsp3) is 0.211. The second kappa shape index (κ2) is 9.09. The van der Waals surface area contributed by atoms with Crippen LogP contribution in [0.3, 0.4) is 0 Å². The van der Waals surface area contributed by atoms with Gasteiger partial charge >= 0.3 is 0 Å². The highest BCUT2D eigenvalue weighted by atomic mass is 32.2. The number of methoxy groups -OCH3 is 1.